The van der Waals surface area contributed by atoms with Gasteiger partial charge < -0.3 is 9.47 Å². The molecule has 0 radical (unpaired) electrons. The van der Waals surface area contributed by atoms with Crippen molar-refractivity contribution < 1.29 is 9.47 Å². The first-order valence-corrected chi connectivity index (χ1v) is 6.88. The second kappa shape index (κ2) is 4.94. The van der Waals surface area contributed by atoms with Gasteiger partial charge in [0.2, 0.25) is 6.79 Å². The lowest BCUT2D eigenvalue weighted by atomic mass is 10.2. The molecule has 0 N–H and O–H groups in total. The molecule has 0 aromatic heterocycles. The van der Waals surface area contributed by atoms with Crippen LogP contribution in [0.25, 0.3) is 0 Å². The van der Waals surface area contributed by atoms with Gasteiger partial charge in [0.1, 0.15) is 0 Å². The van der Waals surface area contributed by atoms with Crippen molar-refractivity contribution in [3.05, 3.63) is 53.6 Å². The quantitative estimate of drug-likeness (QED) is 0.775. The normalized spacial score (nSPS) is 12.7. The highest BCUT2D eigenvalue weighted by molar-refractivity contribution is 7.98. The number of ether oxygens (including phenoxy) is 2. The fraction of sp³-hybridized carbons (Fsp3) is 0.200. The lowest BCUT2D eigenvalue weighted by Crippen LogP contribution is -1.92. The molecule has 0 atom stereocenters. The third kappa shape index (κ3) is 2.46. The molecule has 92 valence electrons. The van der Waals surface area contributed by atoms with Crippen molar-refractivity contribution in [1.29, 1.82) is 0 Å². The highest BCUT2D eigenvalue weighted by Gasteiger charge is 2.12. The molecule has 3 rings (SSSR count). The Hall–Kier alpha value is -1.61. The van der Waals surface area contributed by atoms with Crippen molar-refractivity contribution in [2.45, 2.75) is 17.6 Å². The molecule has 18 heavy (non-hydrogen) atoms. The largest absolute Gasteiger partial charge is 0.454 e. The van der Waals surface area contributed by atoms with Crippen LogP contribution < -0.4 is 9.47 Å². The maximum atomic E-state index is 5.38. The molecule has 0 amide bonds. The first-order valence-electron chi connectivity index (χ1n) is 5.89. The van der Waals surface area contributed by atoms with Crippen LogP contribution in [0.4, 0.5) is 0 Å². The van der Waals surface area contributed by atoms with Gasteiger partial charge in [0, 0.05) is 10.6 Å². The summed E-state index contributed by atoms with van der Waals surface area (Å²) in [6.45, 7) is 2.44. The van der Waals surface area contributed by atoms with Crippen LogP contribution in [0.5, 0.6) is 11.5 Å². The molecule has 0 spiro atoms. The topological polar surface area (TPSA) is 18.5 Å². The summed E-state index contributed by atoms with van der Waals surface area (Å²) < 4.78 is 10.7. The molecule has 0 bridgehead atoms. The van der Waals surface area contributed by atoms with E-state index in [2.05, 4.69) is 43.3 Å². The van der Waals surface area contributed by atoms with E-state index in [0.717, 1.165) is 17.3 Å². The Labute approximate surface area is 111 Å². The molecule has 0 fully saturated rings. The number of benzene rings is 2. The lowest BCUT2D eigenvalue weighted by molar-refractivity contribution is 0.174. The van der Waals surface area contributed by atoms with Crippen LogP contribution in [0.15, 0.2) is 47.4 Å². The SMILES string of the molecule is Cc1ccc(SCc2ccc3c(c2)OCO3)cc1. The van der Waals surface area contributed by atoms with E-state index in [-0.39, 0.29) is 0 Å². The second-order valence-electron chi connectivity index (χ2n) is 4.29. The lowest BCUT2D eigenvalue weighted by Gasteiger charge is -2.04. The number of fused-ring (bicyclic) bond motifs is 1. The van der Waals surface area contributed by atoms with Crippen molar-refractivity contribution >= 4 is 11.8 Å². The van der Waals surface area contributed by atoms with Gasteiger partial charge in [-0.05, 0) is 36.8 Å². The predicted molar refractivity (Wildman–Crippen MR) is 73.3 cm³/mol. The van der Waals surface area contributed by atoms with Crippen LogP contribution in [0, 0.1) is 6.92 Å². The molecule has 0 aliphatic carbocycles. The van der Waals surface area contributed by atoms with Gasteiger partial charge in [-0.3, -0.25) is 0 Å². The molecular formula is C15H14O2S. The smallest absolute Gasteiger partial charge is 0.231 e. The van der Waals surface area contributed by atoms with E-state index in [1.54, 1.807) is 0 Å². The maximum Gasteiger partial charge on any atom is 0.231 e. The zero-order chi connectivity index (χ0) is 12.4. The van der Waals surface area contributed by atoms with E-state index in [0.29, 0.717) is 6.79 Å². The molecule has 0 saturated heterocycles. The minimum atomic E-state index is 0.337. The predicted octanol–water partition coefficient (Wildman–Crippen LogP) is 4.02. The number of hydrogen-bond acceptors (Lipinski definition) is 3. The van der Waals surface area contributed by atoms with E-state index in [4.69, 9.17) is 9.47 Å². The van der Waals surface area contributed by atoms with Crippen molar-refractivity contribution in [2.24, 2.45) is 0 Å². The Balaban J connectivity index is 1.68. The van der Waals surface area contributed by atoms with Gasteiger partial charge in [0.15, 0.2) is 11.5 Å². The highest BCUT2D eigenvalue weighted by atomic mass is 32.2. The number of hydrogen-bond donors (Lipinski definition) is 0. The van der Waals surface area contributed by atoms with Crippen LogP contribution in [-0.2, 0) is 5.75 Å². The van der Waals surface area contributed by atoms with Gasteiger partial charge in [0.25, 0.3) is 0 Å². The molecule has 2 aromatic rings. The molecule has 0 unspecified atom stereocenters. The van der Waals surface area contributed by atoms with Crippen LogP contribution in [-0.4, -0.2) is 6.79 Å². The first kappa shape index (κ1) is 11.5. The van der Waals surface area contributed by atoms with Crippen LogP contribution in [0.2, 0.25) is 0 Å². The van der Waals surface area contributed by atoms with E-state index < -0.39 is 0 Å². The third-order valence-corrected chi connectivity index (χ3v) is 3.95. The standard InChI is InChI=1S/C15H14O2S/c1-11-2-5-13(6-3-11)18-9-12-4-7-14-15(8-12)17-10-16-14/h2-8H,9-10H2,1H3. The Kier molecular flexibility index (Phi) is 3.15. The summed E-state index contributed by atoms with van der Waals surface area (Å²) in [5.74, 6) is 2.65. The minimum Gasteiger partial charge on any atom is -0.454 e. The fourth-order valence-electron chi connectivity index (χ4n) is 1.83. The highest BCUT2D eigenvalue weighted by Crippen LogP contribution is 2.34. The van der Waals surface area contributed by atoms with E-state index >= 15 is 0 Å². The monoisotopic (exact) mass is 258 g/mol. The number of rotatable bonds is 3. The van der Waals surface area contributed by atoms with Crippen LogP contribution in [0.3, 0.4) is 0 Å². The summed E-state index contributed by atoms with van der Waals surface area (Å²) in [7, 11) is 0. The Morgan fingerprint density at radius 1 is 1.00 bits per heavy atom. The molecule has 3 heteroatoms. The molecule has 1 aliphatic rings. The van der Waals surface area contributed by atoms with Gasteiger partial charge in [-0.2, -0.15) is 0 Å². The molecular weight excluding hydrogens is 244 g/mol. The molecule has 2 aromatic carbocycles. The van der Waals surface area contributed by atoms with Crippen molar-refractivity contribution in [1.82, 2.24) is 0 Å². The summed E-state index contributed by atoms with van der Waals surface area (Å²) in [5, 5.41) is 0. The summed E-state index contributed by atoms with van der Waals surface area (Å²) in [5.41, 5.74) is 2.55. The third-order valence-electron chi connectivity index (χ3n) is 2.86. The Bertz CT molecular complexity index is 549. The summed E-state index contributed by atoms with van der Waals surface area (Å²) in [6.07, 6.45) is 0. The zero-order valence-electron chi connectivity index (χ0n) is 10.2. The Morgan fingerprint density at radius 3 is 2.61 bits per heavy atom. The van der Waals surface area contributed by atoms with E-state index in [1.807, 2.05) is 17.8 Å². The summed E-state index contributed by atoms with van der Waals surface area (Å²) in [6, 6.07) is 14.7. The summed E-state index contributed by atoms with van der Waals surface area (Å²) >= 11 is 1.83. The minimum absolute atomic E-state index is 0.337. The van der Waals surface area contributed by atoms with E-state index in [9.17, 15) is 0 Å². The van der Waals surface area contributed by atoms with Crippen molar-refractivity contribution in [3.63, 3.8) is 0 Å². The van der Waals surface area contributed by atoms with Crippen LogP contribution >= 0.6 is 11.8 Å². The zero-order valence-corrected chi connectivity index (χ0v) is 11.0. The van der Waals surface area contributed by atoms with Gasteiger partial charge in [0.05, 0.1) is 0 Å². The molecule has 2 nitrogen and oxygen atoms in total. The first-order chi connectivity index (χ1) is 8.81. The van der Waals surface area contributed by atoms with Gasteiger partial charge >= 0.3 is 0 Å². The second-order valence-corrected chi connectivity index (χ2v) is 5.34. The fourth-order valence-corrected chi connectivity index (χ4v) is 2.67. The van der Waals surface area contributed by atoms with Crippen molar-refractivity contribution in [3.8, 4) is 11.5 Å². The number of aryl methyl sites for hydroxylation is 1. The average molecular weight is 258 g/mol. The molecule has 1 heterocycles. The average Bonchev–Trinajstić information content (AvgIpc) is 2.85. The Morgan fingerprint density at radius 2 is 1.78 bits per heavy atom. The van der Waals surface area contributed by atoms with Gasteiger partial charge in [-0.15, -0.1) is 11.8 Å². The molecule has 0 saturated carbocycles. The van der Waals surface area contributed by atoms with Gasteiger partial charge in [-0.1, -0.05) is 23.8 Å². The number of thioether (sulfide) groups is 1. The van der Waals surface area contributed by atoms with Gasteiger partial charge in [-0.25, -0.2) is 0 Å². The van der Waals surface area contributed by atoms with E-state index in [1.165, 1.54) is 16.0 Å². The molecule has 1 aliphatic heterocycles. The van der Waals surface area contributed by atoms with Crippen LogP contribution in [0.1, 0.15) is 11.1 Å². The summed E-state index contributed by atoms with van der Waals surface area (Å²) in [4.78, 5) is 1.29. The maximum absolute atomic E-state index is 5.38. The van der Waals surface area contributed by atoms with Crippen molar-refractivity contribution in [2.75, 3.05) is 6.79 Å².